The summed E-state index contributed by atoms with van der Waals surface area (Å²) in [6.07, 6.45) is 3.65. The molecule has 102 valence electrons. The van der Waals surface area contributed by atoms with Crippen LogP contribution in [0.2, 0.25) is 0 Å². The van der Waals surface area contributed by atoms with Crippen LogP contribution < -0.4 is 0 Å². The smallest absolute Gasteiger partial charge is 0.168 e. The van der Waals surface area contributed by atoms with Crippen molar-refractivity contribution in [3.05, 3.63) is 54.3 Å². The molecule has 0 radical (unpaired) electrons. The topological polar surface area (TPSA) is 43.9 Å². The molecular formula is C14H12FN3OS. The van der Waals surface area contributed by atoms with Gasteiger partial charge in [0.15, 0.2) is 5.16 Å². The minimum atomic E-state index is -0.261. The van der Waals surface area contributed by atoms with Crippen LogP contribution in [0.1, 0.15) is 5.76 Å². The minimum absolute atomic E-state index is 0.261. The summed E-state index contributed by atoms with van der Waals surface area (Å²) >= 11 is 1.58. The highest BCUT2D eigenvalue weighted by molar-refractivity contribution is 7.98. The van der Waals surface area contributed by atoms with E-state index < -0.39 is 0 Å². The number of aryl methyl sites for hydroxylation is 1. The van der Waals surface area contributed by atoms with E-state index in [0.717, 1.165) is 16.5 Å². The first kappa shape index (κ1) is 12.9. The normalized spacial score (nSPS) is 10.9. The molecule has 0 saturated heterocycles. The molecular weight excluding hydrogens is 277 g/mol. The number of halogens is 1. The Labute approximate surface area is 119 Å². The number of hydrogen-bond acceptors (Lipinski definition) is 4. The lowest BCUT2D eigenvalue weighted by atomic mass is 10.1. The molecule has 0 amide bonds. The Hall–Kier alpha value is -2.08. The highest BCUT2D eigenvalue weighted by atomic mass is 32.2. The van der Waals surface area contributed by atoms with Crippen LogP contribution in [0, 0.1) is 5.82 Å². The van der Waals surface area contributed by atoms with E-state index in [2.05, 4.69) is 10.1 Å². The summed E-state index contributed by atoms with van der Waals surface area (Å²) in [6.45, 7) is 0. The summed E-state index contributed by atoms with van der Waals surface area (Å²) in [5.74, 6) is 1.15. The van der Waals surface area contributed by atoms with E-state index >= 15 is 0 Å². The summed E-state index contributed by atoms with van der Waals surface area (Å²) in [5.41, 5.74) is 1.55. The standard InChI is InChI=1S/C14H12FN3OS/c1-18-7-6-16-14(18)20-9-12-8-13(17-19-12)10-2-4-11(15)5-3-10/h2-8H,9H2,1H3. The van der Waals surface area contributed by atoms with E-state index in [1.807, 2.05) is 23.9 Å². The van der Waals surface area contributed by atoms with Gasteiger partial charge in [0.2, 0.25) is 0 Å². The highest BCUT2D eigenvalue weighted by Crippen LogP contribution is 2.24. The Bertz CT molecular complexity index is 705. The zero-order valence-corrected chi connectivity index (χ0v) is 11.6. The lowest BCUT2D eigenvalue weighted by molar-refractivity contribution is 0.397. The molecule has 0 fully saturated rings. The predicted molar refractivity (Wildman–Crippen MR) is 74.7 cm³/mol. The number of imidazole rings is 1. The number of aromatic nitrogens is 3. The Kier molecular flexibility index (Phi) is 3.56. The Morgan fingerprint density at radius 2 is 2.10 bits per heavy atom. The monoisotopic (exact) mass is 289 g/mol. The maximum atomic E-state index is 12.9. The Balaban J connectivity index is 1.71. The lowest BCUT2D eigenvalue weighted by Gasteiger charge is -1.97. The third-order valence-corrected chi connectivity index (χ3v) is 3.90. The van der Waals surface area contributed by atoms with E-state index in [0.29, 0.717) is 11.4 Å². The van der Waals surface area contributed by atoms with Gasteiger partial charge >= 0.3 is 0 Å². The van der Waals surface area contributed by atoms with Crippen molar-refractivity contribution in [2.24, 2.45) is 7.05 Å². The molecule has 1 aromatic carbocycles. The van der Waals surface area contributed by atoms with Gasteiger partial charge in [-0.25, -0.2) is 9.37 Å². The van der Waals surface area contributed by atoms with Gasteiger partial charge in [0.1, 0.15) is 17.3 Å². The molecule has 0 unspecified atom stereocenters. The van der Waals surface area contributed by atoms with Crippen molar-refractivity contribution in [3.8, 4) is 11.3 Å². The Morgan fingerprint density at radius 1 is 1.30 bits per heavy atom. The second-order valence-electron chi connectivity index (χ2n) is 4.29. The first-order chi connectivity index (χ1) is 9.72. The van der Waals surface area contributed by atoms with Crippen molar-refractivity contribution >= 4 is 11.8 Å². The number of thioether (sulfide) groups is 1. The molecule has 4 nitrogen and oxygen atoms in total. The zero-order chi connectivity index (χ0) is 13.9. The predicted octanol–water partition coefficient (Wildman–Crippen LogP) is 3.51. The summed E-state index contributed by atoms with van der Waals surface area (Å²) < 4.78 is 20.1. The molecule has 0 aliphatic carbocycles. The summed E-state index contributed by atoms with van der Waals surface area (Å²) in [4.78, 5) is 4.23. The number of hydrogen-bond donors (Lipinski definition) is 0. The Morgan fingerprint density at radius 3 is 2.80 bits per heavy atom. The summed E-state index contributed by atoms with van der Waals surface area (Å²) in [6, 6.07) is 8.05. The van der Waals surface area contributed by atoms with Gasteiger partial charge in [-0.1, -0.05) is 16.9 Å². The molecule has 0 saturated carbocycles. The quantitative estimate of drug-likeness (QED) is 0.689. The van der Waals surface area contributed by atoms with Crippen molar-refractivity contribution < 1.29 is 8.91 Å². The fourth-order valence-electron chi connectivity index (χ4n) is 1.76. The van der Waals surface area contributed by atoms with Crippen LogP contribution >= 0.6 is 11.8 Å². The van der Waals surface area contributed by atoms with Gasteiger partial charge in [-0.2, -0.15) is 0 Å². The molecule has 0 N–H and O–H groups in total. The molecule has 3 aromatic rings. The molecule has 0 aliphatic heterocycles. The average molecular weight is 289 g/mol. The van der Waals surface area contributed by atoms with Crippen molar-refractivity contribution in [3.63, 3.8) is 0 Å². The average Bonchev–Trinajstić information content (AvgIpc) is 3.06. The molecule has 0 spiro atoms. The molecule has 0 atom stereocenters. The molecule has 0 bridgehead atoms. The maximum absolute atomic E-state index is 12.9. The fraction of sp³-hybridized carbons (Fsp3) is 0.143. The number of benzene rings is 1. The molecule has 3 rings (SSSR count). The molecule has 0 aliphatic rings. The lowest BCUT2D eigenvalue weighted by Crippen LogP contribution is -1.88. The van der Waals surface area contributed by atoms with Crippen LogP contribution in [0.3, 0.4) is 0 Å². The van der Waals surface area contributed by atoms with E-state index in [-0.39, 0.29) is 5.82 Å². The first-order valence-corrected chi connectivity index (χ1v) is 7.02. The van der Waals surface area contributed by atoms with Gasteiger partial charge in [-0.15, -0.1) is 0 Å². The SMILES string of the molecule is Cn1ccnc1SCc1cc(-c2ccc(F)cc2)no1. The fourth-order valence-corrected chi connectivity index (χ4v) is 2.57. The second kappa shape index (κ2) is 5.50. The second-order valence-corrected chi connectivity index (χ2v) is 5.24. The van der Waals surface area contributed by atoms with Gasteiger partial charge in [-0.05, 0) is 24.3 Å². The number of nitrogens with zero attached hydrogens (tertiary/aromatic N) is 3. The van der Waals surface area contributed by atoms with Gasteiger partial charge in [0.05, 0.1) is 5.75 Å². The van der Waals surface area contributed by atoms with Crippen molar-refractivity contribution in [1.82, 2.24) is 14.7 Å². The third-order valence-electron chi connectivity index (χ3n) is 2.82. The van der Waals surface area contributed by atoms with Crippen LogP contribution in [-0.2, 0) is 12.8 Å². The third kappa shape index (κ3) is 2.75. The zero-order valence-electron chi connectivity index (χ0n) is 10.8. The van der Waals surface area contributed by atoms with E-state index in [9.17, 15) is 4.39 Å². The first-order valence-electron chi connectivity index (χ1n) is 6.04. The molecule has 2 heterocycles. The van der Waals surface area contributed by atoms with E-state index in [1.54, 1.807) is 30.1 Å². The van der Waals surface area contributed by atoms with Crippen molar-refractivity contribution in [2.75, 3.05) is 0 Å². The van der Waals surface area contributed by atoms with Crippen LogP contribution in [-0.4, -0.2) is 14.7 Å². The van der Waals surface area contributed by atoms with Crippen LogP contribution in [0.15, 0.2) is 52.4 Å². The minimum Gasteiger partial charge on any atom is -0.360 e. The molecule has 6 heteroatoms. The van der Waals surface area contributed by atoms with Crippen LogP contribution in [0.5, 0.6) is 0 Å². The molecule has 2 aromatic heterocycles. The number of rotatable bonds is 4. The van der Waals surface area contributed by atoms with Crippen molar-refractivity contribution in [2.45, 2.75) is 10.9 Å². The van der Waals surface area contributed by atoms with Gasteiger partial charge in [-0.3, -0.25) is 0 Å². The van der Waals surface area contributed by atoms with E-state index in [1.165, 1.54) is 12.1 Å². The van der Waals surface area contributed by atoms with Crippen LogP contribution in [0.4, 0.5) is 4.39 Å². The summed E-state index contributed by atoms with van der Waals surface area (Å²) in [7, 11) is 1.94. The summed E-state index contributed by atoms with van der Waals surface area (Å²) in [5, 5.41) is 4.92. The highest BCUT2D eigenvalue weighted by Gasteiger charge is 2.08. The van der Waals surface area contributed by atoms with Gasteiger partial charge < -0.3 is 9.09 Å². The van der Waals surface area contributed by atoms with Crippen molar-refractivity contribution in [1.29, 1.82) is 0 Å². The maximum Gasteiger partial charge on any atom is 0.168 e. The van der Waals surface area contributed by atoms with Crippen LogP contribution in [0.25, 0.3) is 11.3 Å². The van der Waals surface area contributed by atoms with Gasteiger partial charge in [0.25, 0.3) is 0 Å². The largest absolute Gasteiger partial charge is 0.360 e. The van der Waals surface area contributed by atoms with E-state index in [4.69, 9.17) is 4.52 Å². The molecule has 20 heavy (non-hydrogen) atoms. The van der Waals surface area contributed by atoms with Gasteiger partial charge in [0, 0.05) is 31.1 Å².